The van der Waals surface area contributed by atoms with Crippen molar-refractivity contribution in [3.8, 4) is 0 Å². The Morgan fingerprint density at radius 2 is 0.865 bits per heavy atom. The Morgan fingerprint density at radius 3 is 1.14 bits per heavy atom. The molecule has 0 N–H and O–H groups in total. The van der Waals surface area contributed by atoms with Crippen LogP contribution in [0, 0.1) is 11.8 Å². The van der Waals surface area contributed by atoms with E-state index in [0.29, 0.717) is 0 Å². The van der Waals surface area contributed by atoms with E-state index in [2.05, 4.69) is 41.5 Å². The van der Waals surface area contributed by atoms with Crippen molar-refractivity contribution in [3.05, 3.63) is 0 Å². The second kappa shape index (κ2) is 24.9. The fraction of sp³-hybridized carbons (Fsp3) is 0.935. The standard InChI is InChI=1S/C31H60O4.K.Li.2H/c1-9-11-13-15-17-19-21-23-30(7,26(3)4)34-28(32)25-29(33)35-31(8,27(5)6)24-22-20-18-16-14-12-10-2;;;;/h26-27H,9-25H2,1-8H3;;;;/q;2*+1;2*-1. The molecule has 2 unspecified atom stereocenters. The molecule has 0 aromatic rings. The van der Waals surface area contributed by atoms with Crippen molar-refractivity contribution in [1.82, 2.24) is 0 Å². The average molecular weight is 545 g/mol. The summed E-state index contributed by atoms with van der Waals surface area (Å²) in [6.45, 7) is 16.8. The second-order valence-corrected chi connectivity index (χ2v) is 11.8. The summed E-state index contributed by atoms with van der Waals surface area (Å²) in [6, 6.07) is 0. The van der Waals surface area contributed by atoms with Crippen LogP contribution in [0.15, 0.2) is 0 Å². The summed E-state index contributed by atoms with van der Waals surface area (Å²) >= 11 is 0. The Balaban J connectivity index is -0.000000963. The number of carbonyl (C=O) groups excluding carboxylic acids is 2. The van der Waals surface area contributed by atoms with Crippen molar-refractivity contribution >= 4 is 11.9 Å². The van der Waals surface area contributed by atoms with E-state index in [9.17, 15) is 9.59 Å². The number of hydrogen-bond acceptors (Lipinski definition) is 4. The first-order chi connectivity index (χ1) is 16.5. The van der Waals surface area contributed by atoms with Crippen LogP contribution in [-0.4, -0.2) is 23.1 Å². The van der Waals surface area contributed by atoms with Crippen LogP contribution >= 0.6 is 0 Å². The molecule has 0 bridgehead atoms. The van der Waals surface area contributed by atoms with Gasteiger partial charge in [0.05, 0.1) is 0 Å². The van der Waals surface area contributed by atoms with Crippen LogP contribution in [0.4, 0.5) is 0 Å². The second-order valence-electron chi connectivity index (χ2n) is 11.8. The number of hydrogen-bond donors (Lipinski definition) is 0. The van der Waals surface area contributed by atoms with Gasteiger partial charge in [0, 0.05) is 0 Å². The maximum atomic E-state index is 12.7. The van der Waals surface area contributed by atoms with Gasteiger partial charge in [-0.3, -0.25) is 9.59 Å². The topological polar surface area (TPSA) is 52.6 Å². The quantitative estimate of drug-likeness (QED) is 0.0900. The van der Waals surface area contributed by atoms with Crippen molar-refractivity contribution < 1.29 is 92.2 Å². The summed E-state index contributed by atoms with van der Waals surface area (Å²) in [5, 5.41) is 0. The Labute approximate surface area is 288 Å². The van der Waals surface area contributed by atoms with E-state index in [-0.39, 0.29) is 91.4 Å². The molecule has 0 aliphatic heterocycles. The summed E-state index contributed by atoms with van der Waals surface area (Å²) in [5.74, 6) is -0.533. The Bertz CT molecular complexity index is 533. The molecule has 0 fully saturated rings. The number of esters is 2. The van der Waals surface area contributed by atoms with Crippen LogP contribution in [-0.2, 0) is 19.1 Å². The molecule has 0 aromatic carbocycles. The van der Waals surface area contributed by atoms with Crippen molar-refractivity contribution in [3.63, 3.8) is 0 Å². The van der Waals surface area contributed by atoms with Crippen LogP contribution < -0.4 is 70.2 Å². The SMILES string of the molecule is CCCCCCCCCC(C)(OC(=O)CC(=O)OC(C)(CCCCCCCCC)C(C)C)C(C)C.[H-].[H-].[K+].[Li+]. The average Bonchev–Trinajstić information content (AvgIpc) is 2.77. The zero-order chi connectivity index (χ0) is 26.7. The summed E-state index contributed by atoms with van der Waals surface area (Å²) in [7, 11) is 0. The molecule has 0 aliphatic carbocycles. The molecule has 212 valence electrons. The normalized spacial score (nSPS) is 14.3. The molecule has 0 saturated heterocycles. The van der Waals surface area contributed by atoms with Gasteiger partial charge in [-0.2, -0.15) is 0 Å². The van der Waals surface area contributed by atoms with Gasteiger partial charge < -0.3 is 12.3 Å². The van der Waals surface area contributed by atoms with Gasteiger partial charge >= 0.3 is 82.2 Å². The molecule has 37 heavy (non-hydrogen) atoms. The zero-order valence-electron chi connectivity index (χ0n) is 28.8. The van der Waals surface area contributed by atoms with Crippen molar-refractivity contribution in [1.29, 1.82) is 0 Å². The van der Waals surface area contributed by atoms with Gasteiger partial charge in [-0.1, -0.05) is 119 Å². The van der Waals surface area contributed by atoms with Gasteiger partial charge in [-0.15, -0.1) is 0 Å². The van der Waals surface area contributed by atoms with Gasteiger partial charge in [0.25, 0.3) is 0 Å². The third-order valence-electron chi connectivity index (χ3n) is 7.98. The molecule has 0 rings (SSSR count). The van der Waals surface area contributed by atoms with Crippen molar-refractivity contribution in [2.45, 2.75) is 176 Å². The predicted molar refractivity (Wildman–Crippen MR) is 151 cm³/mol. The van der Waals surface area contributed by atoms with Crippen LogP contribution in [0.2, 0.25) is 0 Å². The molecular weight excluding hydrogens is 482 g/mol. The van der Waals surface area contributed by atoms with E-state index >= 15 is 0 Å². The van der Waals surface area contributed by atoms with Gasteiger partial charge in [0.2, 0.25) is 0 Å². The fourth-order valence-electron chi connectivity index (χ4n) is 4.49. The van der Waals surface area contributed by atoms with E-state index < -0.39 is 23.1 Å². The number of ether oxygens (including phenoxy) is 2. The largest absolute Gasteiger partial charge is 1.00 e. The molecule has 4 nitrogen and oxygen atoms in total. The molecule has 2 atom stereocenters. The molecule has 0 amide bonds. The molecular formula is C31H62KLiO4. The predicted octanol–water partition coefficient (Wildman–Crippen LogP) is 3.81. The minimum atomic E-state index is -0.542. The van der Waals surface area contributed by atoms with Crippen LogP contribution in [0.25, 0.3) is 0 Å². The first-order valence-corrected chi connectivity index (χ1v) is 14.9. The Kier molecular flexibility index (Phi) is 28.7. The van der Waals surface area contributed by atoms with E-state index in [4.69, 9.17) is 9.47 Å². The first-order valence-electron chi connectivity index (χ1n) is 14.9. The fourth-order valence-corrected chi connectivity index (χ4v) is 4.49. The Morgan fingerprint density at radius 1 is 0.595 bits per heavy atom. The number of rotatable bonds is 22. The molecule has 0 heterocycles. The van der Waals surface area contributed by atoms with Crippen LogP contribution in [0.1, 0.15) is 167 Å². The van der Waals surface area contributed by atoms with Gasteiger partial charge in [0.15, 0.2) is 0 Å². The Hall–Kier alpha value is 1.17. The maximum Gasteiger partial charge on any atom is 1.00 e. The third-order valence-corrected chi connectivity index (χ3v) is 7.98. The van der Waals surface area contributed by atoms with Gasteiger partial charge in [-0.25, -0.2) is 0 Å². The monoisotopic (exact) mass is 544 g/mol. The molecule has 6 heteroatoms. The maximum absolute atomic E-state index is 12.7. The van der Waals surface area contributed by atoms with Crippen LogP contribution in [0.3, 0.4) is 0 Å². The molecule has 0 aromatic heterocycles. The van der Waals surface area contributed by atoms with E-state index in [1.807, 2.05) is 13.8 Å². The smallest absolute Gasteiger partial charge is 1.00 e. The number of carbonyl (C=O) groups is 2. The molecule has 0 saturated carbocycles. The summed E-state index contributed by atoms with van der Waals surface area (Å²) in [5.41, 5.74) is -1.08. The van der Waals surface area contributed by atoms with Crippen molar-refractivity contribution in [2.24, 2.45) is 11.8 Å². The van der Waals surface area contributed by atoms with Gasteiger partial charge in [-0.05, 0) is 51.4 Å². The molecule has 0 radical (unpaired) electrons. The first kappa shape index (κ1) is 42.6. The zero-order valence-corrected chi connectivity index (χ0v) is 29.9. The van der Waals surface area contributed by atoms with Gasteiger partial charge in [0.1, 0.15) is 17.6 Å². The van der Waals surface area contributed by atoms with Crippen LogP contribution in [0.5, 0.6) is 0 Å². The minimum Gasteiger partial charge on any atom is -1.00 e. The molecule has 0 spiro atoms. The summed E-state index contributed by atoms with van der Waals surface area (Å²) in [4.78, 5) is 25.4. The van der Waals surface area contributed by atoms with E-state index in [1.165, 1.54) is 64.2 Å². The summed E-state index contributed by atoms with van der Waals surface area (Å²) < 4.78 is 11.8. The van der Waals surface area contributed by atoms with E-state index in [0.717, 1.165) is 38.5 Å². The molecule has 0 aliphatic rings. The minimum absolute atomic E-state index is 0. The van der Waals surface area contributed by atoms with Crippen molar-refractivity contribution in [2.75, 3.05) is 0 Å². The van der Waals surface area contributed by atoms with E-state index in [1.54, 1.807) is 0 Å². The summed E-state index contributed by atoms with van der Waals surface area (Å²) in [6.07, 6.45) is 18.6. The number of unbranched alkanes of at least 4 members (excludes halogenated alkanes) is 12. The third kappa shape index (κ3) is 20.7.